The highest BCUT2D eigenvalue weighted by molar-refractivity contribution is 7.99. The third-order valence-corrected chi connectivity index (χ3v) is 9.54. The Morgan fingerprint density at radius 3 is 2.58 bits per heavy atom. The molecule has 0 bridgehead atoms. The van der Waals surface area contributed by atoms with E-state index in [9.17, 15) is 23.3 Å². The van der Waals surface area contributed by atoms with Crippen LogP contribution in [-0.4, -0.2) is 50.6 Å². The molecule has 0 unspecified atom stereocenters. The zero-order chi connectivity index (χ0) is 24.2. The van der Waals surface area contributed by atoms with E-state index in [1.807, 2.05) is 12.3 Å². The molecule has 0 aliphatic carbocycles. The van der Waals surface area contributed by atoms with E-state index in [2.05, 4.69) is 5.32 Å². The fourth-order valence-corrected chi connectivity index (χ4v) is 7.32. The summed E-state index contributed by atoms with van der Waals surface area (Å²) in [7, 11) is -3.65. The zero-order valence-electron chi connectivity index (χ0n) is 18.6. The lowest BCUT2D eigenvalue weighted by Crippen LogP contribution is -2.41. The first kappa shape index (κ1) is 25.2. The third-order valence-electron chi connectivity index (χ3n) is 5.47. The van der Waals surface area contributed by atoms with Gasteiger partial charge in [0.2, 0.25) is 15.9 Å². The van der Waals surface area contributed by atoms with Gasteiger partial charge in [-0.25, -0.2) is 13.2 Å². The van der Waals surface area contributed by atoms with Crippen molar-refractivity contribution in [2.24, 2.45) is 5.92 Å². The molecule has 33 heavy (non-hydrogen) atoms. The summed E-state index contributed by atoms with van der Waals surface area (Å²) in [6.45, 7) is 4.01. The van der Waals surface area contributed by atoms with E-state index in [-0.39, 0.29) is 40.9 Å². The number of hydrogen-bond acceptors (Lipinski definition) is 8. The molecule has 2 heterocycles. The average molecular weight is 508 g/mol. The van der Waals surface area contributed by atoms with Crippen LogP contribution in [-0.2, 0) is 19.6 Å². The first-order valence-corrected chi connectivity index (χ1v) is 13.9. The molecule has 1 aromatic heterocycles. The molecule has 1 amide bonds. The Balaban J connectivity index is 1.70. The topological polar surface area (TPSA) is 117 Å². The second kappa shape index (κ2) is 10.7. The monoisotopic (exact) mass is 507 g/mol. The zero-order valence-corrected chi connectivity index (χ0v) is 21.0. The summed E-state index contributed by atoms with van der Waals surface area (Å²) in [4.78, 5) is 26.3. The van der Waals surface area contributed by atoms with Gasteiger partial charge in [-0.2, -0.15) is 9.57 Å². The molecule has 8 nitrogen and oxygen atoms in total. The van der Waals surface area contributed by atoms with Crippen LogP contribution in [0.1, 0.15) is 40.6 Å². The van der Waals surface area contributed by atoms with E-state index in [1.165, 1.54) is 16.1 Å². The van der Waals surface area contributed by atoms with Crippen LogP contribution in [0.2, 0.25) is 0 Å². The first-order valence-electron chi connectivity index (χ1n) is 10.4. The van der Waals surface area contributed by atoms with E-state index in [0.29, 0.717) is 28.3 Å². The van der Waals surface area contributed by atoms with E-state index in [1.54, 1.807) is 38.1 Å². The number of nitriles is 1. The van der Waals surface area contributed by atoms with Gasteiger partial charge in [0, 0.05) is 23.9 Å². The number of benzene rings is 1. The van der Waals surface area contributed by atoms with Crippen molar-refractivity contribution >= 4 is 50.0 Å². The number of ether oxygens (including phenoxy) is 1. The molecule has 0 radical (unpaired) electrons. The molecule has 1 aliphatic rings. The van der Waals surface area contributed by atoms with Gasteiger partial charge in [0.1, 0.15) is 15.9 Å². The number of piperidine rings is 1. The van der Waals surface area contributed by atoms with Gasteiger partial charge in [-0.1, -0.05) is 12.1 Å². The van der Waals surface area contributed by atoms with Crippen LogP contribution in [0.3, 0.4) is 0 Å². The lowest BCUT2D eigenvalue weighted by molar-refractivity contribution is -0.120. The highest BCUT2D eigenvalue weighted by atomic mass is 32.2. The summed E-state index contributed by atoms with van der Waals surface area (Å²) in [5.74, 6) is -1.21. The van der Waals surface area contributed by atoms with Crippen molar-refractivity contribution in [3.8, 4) is 6.07 Å². The van der Waals surface area contributed by atoms with E-state index in [4.69, 9.17) is 4.74 Å². The molecule has 1 aliphatic heterocycles. The summed E-state index contributed by atoms with van der Waals surface area (Å²) in [6, 6.07) is 8.92. The number of carbonyl (C=O) groups is 2. The molecular weight excluding hydrogens is 482 g/mol. The third kappa shape index (κ3) is 5.24. The Morgan fingerprint density at radius 1 is 1.30 bits per heavy atom. The molecule has 3 rings (SSSR count). The molecule has 1 saturated heterocycles. The van der Waals surface area contributed by atoms with Crippen LogP contribution in [0.25, 0.3) is 0 Å². The Bertz CT molecular complexity index is 1190. The number of amides is 1. The van der Waals surface area contributed by atoms with Gasteiger partial charge in [0.05, 0.1) is 17.1 Å². The summed E-state index contributed by atoms with van der Waals surface area (Å²) in [5, 5.41) is 12.6. The van der Waals surface area contributed by atoms with Crippen LogP contribution >= 0.6 is 23.1 Å². The fourth-order valence-electron chi connectivity index (χ4n) is 3.67. The number of hydrogen-bond donors (Lipinski definition) is 1. The lowest BCUT2D eigenvalue weighted by atomic mass is 9.97. The molecule has 1 aromatic carbocycles. The van der Waals surface area contributed by atoms with Gasteiger partial charge in [-0.05, 0) is 50.6 Å². The van der Waals surface area contributed by atoms with Crippen molar-refractivity contribution in [2.75, 3.05) is 31.3 Å². The minimum absolute atomic E-state index is 0.211. The number of esters is 1. The van der Waals surface area contributed by atoms with Crippen molar-refractivity contribution in [1.29, 1.82) is 5.26 Å². The number of sulfonamides is 1. The SMILES string of the molecule is CCOC(=O)c1sc(NC(=O)C2CCN(S(=O)(=O)c3ccccc3SC)CC2)c(C#N)c1C. The Kier molecular flexibility index (Phi) is 8.18. The van der Waals surface area contributed by atoms with Gasteiger partial charge >= 0.3 is 5.97 Å². The van der Waals surface area contributed by atoms with Gasteiger partial charge in [-0.15, -0.1) is 23.1 Å². The highest BCUT2D eigenvalue weighted by Crippen LogP contribution is 2.34. The molecule has 1 N–H and O–H groups in total. The van der Waals surface area contributed by atoms with Crippen molar-refractivity contribution in [3.05, 3.63) is 40.3 Å². The van der Waals surface area contributed by atoms with Gasteiger partial charge < -0.3 is 10.1 Å². The summed E-state index contributed by atoms with van der Waals surface area (Å²) < 4.78 is 32.7. The number of carbonyl (C=O) groups excluding carboxylic acids is 2. The second-order valence-corrected chi connectivity index (χ2v) is 11.2. The Morgan fingerprint density at radius 2 is 1.97 bits per heavy atom. The molecular formula is C22H25N3O5S3. The smallest absolute Gasteiger partial charge is 0.348 e. The number of rotatable bonds is 7. The van der Waals surface area contributed by atoms with Crippen molar-refractivity contribution in [2.45, 2.75) is 36.5 Å². The highest BCUT2D eigenvalue weighted by Gasteiger charge is 2.34. The Labute approximate surface area is 202 Å². The van der Waals surface area contributed by atoms with Crippen molar-refractivity contribution < 1.29 is 22.7 Å². The maximum absolute atomic E-state index is 13.1. The summed E-state index contributed by atoms with van der Waals surface area (Å²) >= 11 is 2.40. The van der Waals surface area contributed by atoms with E-state index < -0.39 is 21.9 Å². The van der Waals surface area contributed by atoms with Crippen molar-refractivity contribution in [1.82, 2.24) is 4.31 Å². The van der Waals surface area contributed by atoms with Gasteiger partial charge in [0.25, 0.3) is 0 Å². The molecule has 0 atom stereocenters. The van der Waals surface area contributed by atoms with Gasteiger partial charge in [-0.3, -0.25) is 4.79 Å². The van der Waals surface area contributed by atoms with Crippen LogP contribution in [0, 0.1) is 24.2 Å². The number of nitrogens with zero attached hydrogens (tertiary/aromatic N) is 2. The maximum Gasteiger partial charge on any atom is 0.348 e. The second-order valence-electron chi connectivity index (χ2n) is 7.41. The standard InChI is InChI=1S/C22H25N3O5S3/c1-4-30-22(27)19-14(2)16(13-23)21(32-19)24-20(26)15-9-11-25(12-10-15)33(28,29)18-8-6-5-7-17(18)31-3/h5-8,15H,4,9-12H2,1-3H3,(H,24,26). The predicted octanol–water partition coefficient (Wildman–Crippen LogP) is 3.87. The molecule has 0 saturated carbocycles. The number of thiophene rings is 1. The van der Waals surface area contributed by atoms with Gasteiger partial charge in [0.15, 0.2) is 0 Å². The van der Waals surface area contributed by atoms with E-state index in [0.717, 1.165) is 11.3 Å². The average Bonchev–Trinajstić information content (AvgIpc) is 3.14. The number of thioether (sulfide) groups is 1. The minimum Gasteiger partial charge on any atom is -0.462 e. The molecule has 176 valence electrons. The van der Waals surface area contributed by atoms with E-state index >= 15 is 0 Å². The normalized spacial score (nSPS) is 15.1. The quantitative estimate of drug-likeness (QED) is 0.447. The number of anilines is 1. The predicted molar refractivity (Wildman–Crippen MR) is 128 cm³/mol. The molecule has 1 fully saturated rings. The maximum atomic E-state index is 13.1. The fraction of sp³-hybridized carbons (Fsp3) is 0.409. The van der Waals surface area contributed by atoms with Crippen molar-refractivity contribution in [3.63, 3.8) is 0 Å². The molecule has 2 aromatic rings. The molecule has 0 spiro atoms. The van der Waals surface area contributed by atoms with Crippen LogP contribution in [0.4, 0.5) is 5.00 Å². The van der Waals surface area contributed by atoms with Crippen LogP contribution < -0.4 is 5.32 Å². The minimum atomic E-state index is -3.65. The molecule has 11 heteroatoms. The summed E-state index contributed by atoms with van der Waals surface area (Å²) in [5.41, 5.74) is 0.717. The van der Waals surface area contributed by atoms with Crippen LogP contribution in [0.5, 0.6) is 0 Å². The largest absolute Gasteiger partial charge is 0.462 e. The number of nitrogens with one attached hydrogen (secondary N) is 1. The van der Waals surface area contributed by atoms with Crippen LogP contribution in [0.15, 0.2) is 34.1 Å². The summed E-state index contributed by atoms with van der Waals surface area (Å²) in [6.07, 6.45) is 2.56. The Hall–Kier alpha value is -2.39. The first-order chi connectivity index (χ1) is 15.7. The lowest BCUT2D eigenvalue weighted by Gasteiger charge is -2.30.